The molecular weight excluding hydrogens is 178 g/mol. The highest BCUT2D eigenvalue weighted by molar-refractivity contribution is 7.83. The summed E-state index contributed by atoms with van der Waals surface area (Å²) in [7, 11) is 0. The lowest BCUT2D eigenvalue weighted by molar-refractivity contribution is 1.10. The fourth-order valence-electron chi connectivity index (χ4n) is 1.40. The topological polar surface area (TPSA) is 12.9 Å². The molecule has 1 aromatic heterocycles. The molecule has 1 aliphatic carbocycles. The van der Waals surface area contributed by atoms with Crippen LogP contribution in [-0.4, -0.2) is 4.98 Å². The third kappa shape index (κ3) is 1.94. The zero-order chi connectivity index (χ0) is 9.26. The van der Waals surface area contributed by atoms with Gasteiger partial charge in [-0.3, -0.25) is 4.98 Å². The minimum absolute atomic E-state index is 0.800. The molecule has 1 nitrogen and oxygen atoms in total. The zero-order valence-corrected chi connectivity index (χ0v) is 8.59. The lowest BCUT2D eigenvalue weighted by Crippen LogP contribution is -1.88. The second kappa shape index (κ2) is 3.54. The fourth-order valence-corrected chi connectivity index (χ4v) is 1.53. The van der Waals surface area contributed by atoms with Crippen LogP contribution in [0.1, 0.15) is 36.9 Å². The Morgan fingerprint density at radius 3 is 3.00 bits per heavy atom. The molecule has 13 heavy (non-hydrogen) atoms. The normalized spacial score (nSPS) is 17.5. The van der Waals surface area contributed by atoms with Gasteiger partial charge < -0.3 is 0 Å². The van der Waals surface area contributed by atoms with Crippen LogP contribution < -0.4 is 0 Å². The number of thiol groups is 1. The molecular formula is C11H13NS. The van der Waals surface area contributed by atoms with Crippen molar-refractivity contribution in [2.45, 2.75) is 25.7 Å². The third-order valence-electron chi connectivity index (χ3n) is 2.43. The van der Waals surface area contributed by atoms with Crippen molar-refractivity contribution in [2.75, 3.05) is 0 Å². The first-order valence-electron chi connectivity index (χ1n) is 4.58. The van der Waals surface area contributed by atoms with Crippen molar-refractivity contribution in [3.63, 3.8) is 0 Å². The Hall–Kier alpha value is -0.760. The van der Waals surface area contributed by atoms with E-state index in [1.165, 1.54) is 18.4 Å². The van der Waals surface area contributed by atoms with Gasteiger partial charge in [-0.25, -0.2) is 0 Å². The molecule has 0 atom stereocenters. The smallest absolute Gasteiger partial charge is 0.0666 e. The minimum Gasteiger partial charge on any atom is -0.257 e. The number of rotatable bonds is 2. The van der Waals surface area contributed by atoms with E-state index in [0.717, 1.165) is 17.2 Å². The van der Waals surface area contributed by atoms with E-state index in [0.29, 0.717) is 0 Å². The standard InChI is InChI=1S/C11H13NS/c1-8(7-13)11-6-10(4-5-12-11)9-2-3-9/h4-7,9,13H,2-3H2,1H3/b8-7-. The Bertz CT molecular complexity index is 340. The van der Waals surface area contributed by atoms with Gasteiger partial charge in [0, 0.05) is 6.20 Å². The number of nitrogens with zero attached hydrogens (tertiary/aromatic N) is 1. The highest BCUT2D eigenvalue weighted by Crippen LogP contribution is 2.40. The molecule has 0 saturated heterocycles. The van der Waals surface area contributed by atoms with E-state index in [1.54, 1.807) is 5.41 Å². The second-order valence-electron chi connectivity index (χ2n) is 3.56. The molecule has 0 unspecified atom stereocenters. The summed E-state index contributed by atoms with van der Waals surface area (Å²) in [6.07, 6.45) is 4.57. The predicted molar refractivity (Wildman–Crippen MR) is 58.8 cm³/mol. The molecule has 1 heterocycles. The van der Waals surface area contributed by atoms with E-state index in [1.807, 2.05) is 13.1 Å². The third-order valence-corrected chi connectivity index (χ3v) is 2.82. The molecule has 1 saturated carbocycles. The van der Waals surface area contributed by atoms with E-state index in [4.69, 9.17) is 0 Å². The largest absolute Gasteiger partial charge is 0.257 e. The summed E-state index contributed by atoms with van der Waals surface area (Å²) in [5.41, 5.74) is 3.62. The number of hydrogen-bond acceptors (Lipinski definition) is 2. The van der Waals surface area contributed by atoms with Crippen LogP contribution in [0.5, 0.6) is 0 Å². The van der Waals surface area contributed by atoms with Crippen molar-refractivity contribution >= 4 is 18.2 Å². The van der Waals surface area contributed by atoms with Crippen molar-refractivity contribution in [3.05, 3.63) is 35.0 Å². The van der Waals surface area contributed by atoms with E-state index in [2.05, 4.69) is 29.7 Å². The van der Waals surface area contributed by atoms with Crippen LogP contribution in [0.4, 0.5) is 0 Å². The van der Waals surface area contributed by atoms with Crippen molar-refractivity contribution in [1.29, 1.82) is 0 Å². The molecule has 0 radical (unpaired) electrons. The molecule has 2 heteroatoms. The highest BCUT2D eigenvalue weighted by atomic mass is 32.1. The molecule has 2 rings (SSSR count). The van der Waals surface area contributed by atoms with Gasteiger partial charge in [0.2, 0.25) is 0 Å². The molecule has 0 amide bonds. The first-order valence-corrected chi connectivity index (χ1v) is 5.10. The van der Waals surface area contributed by atoms with Crippen LogP contribution in [-0.2, 0) is 0 Å². The van der Waals surface area contributed by atoms with E-state index in [9.17, 15) is 0 Å². The lowest BCUT2D eigenvalue weighted by atomic mass is 10.1. The van der Waals surface area contributed by atoms with Gasteiger partial charge in [-0.05, 0) is 54.4 Å². The monoisotopic (exact) mass is 191 g/mol. The Labute approximate surface area is 84.3 Å². The molecule has 68 valence electrons. The van der Waals surface area contributed by atoms with Gasteiger partial charge >= 0.3 is 0 Å². The van der Waals surface area contributed by atoms with Gasteiger partial charge in [-0.1, -0.05) is 0 Å². The van der Waals surface area contributed by atoms with Crippen molar-refractivity contribution < 1.29 is 0 Å². The van der Waals surface area contributed by atoms with E-state index >= 15 is 0 Å². The average molecular weight is 191 g/mol. The molecule has 1 aliphatic rings. The van der Waals surface area contributed by atoms with Gasteiger partial charge in [0.15, 0.2) is 0 Å². The maximum Gasteiger partial charge on any atom is 0.0666 e. The Kier molecular flexibility index (Phi) is 2.40. The molecule has 0 spiro atoms. The van der Waals surface area contributed by atoms with Crippen LogP contribution in [0.15, 0.2) is 23.7 Å². The molecule has 0 N–H and O–H groups in total. The summed E-state index contributed by atoms with van der Waals surface area (Å²) in [4.78, 5) is 4.30. The molecule has 1 aromatic rings. The first kappa shape index (κ1) is 8.82. The highest BCUT2D eigenvalue weighted by Gasteiger charge is 2.23. The zero-order valence-electron chi connectivity index (χ0n) is 7.70. The van der Waals surface area contributed by atoms with Gasteiger partial charge in [-0.2, -0.15) is 12.6 Å². The summed E-state index contributed by atoms with van der Waals surface area (Å²) in [6, 6.07) is 4.30. The van der Waals surface area contributed by atoms with Crippen LogP contribution in [0.2, 0.25) is 0 Å². The van der Waals surface area contributed by atoms with Crippen molar-refractivity contribution in [3.8, 4) is 0 Å². The maximum atomic E-state index is 4.30. The fraction of sp³-hybridized carbons (Fsp3) is 0.364. The number of pyridine rings is 1. The van der Waals surface area contributed by atoms with Crippen LogP contribution in [0, 0.1) is 0 Å². The maximum absolute atomic E-state index is 4.30. The summed E-state index contributed by atoms with van der Waals surface area (Å²) >= 11 is 4.13. The lowest BCUT2D eigenvalue weighted by Gasteiger charge is -2.02. The summed E-state index contributed by atoms with van der Waals surface area (Å²) in [5.74, 6) is 0.800. The van der Waals surface area contributed by atoms with Gasteiger partial charge in [0.1, 0.15) is 0 Å². The number of hydrogen-bond donors (Lipinski definition) is 1. The van der Waals surface area contributed by atoms with Crippen molar-refractivity contribution in [2.24, 2.45) is 0 Å². The average Bonchev–Trinajstić information content (AvgIpc) is 3.00. The number of allylic oxidation sites excluding steroid dienone is 1. The Balaban J connectivity index is 2.31. The number of aromatic nitrogens is 1. The molecule has 0 aromatic carbocycles. The van der Waals surface area contributed by atoms with E-state index < -0.39 is 0 Å². The Morgan fingerprint density at radius 1 is 1.62 bits per heavy atom. The van der Waals surface area contributed by atoms with Gasteiger partial charge in [0.05, 0.1) is 5.69 Å². The van der Waals surface area contributed by atoms with Gasteiger partial charge in [-0.15, -0.1) is 0 Å². The van der Waals surface area contributed by atoms with Crippen LogP contribution in [0.25, 0.3) is 5.57 Å². The second-order valence-corrected chi connectivity index (χ2v) is 3.82. The van der Waals surface area contributed by atoms with Crippen LogP contribution in [0.3, 0.4) is 0 Å². The molecule has 0 aliphatic heterocycles. The molecule has 1 fully saturated rings. The quantitative estimate of drug-likeness (QED) is 0.708. The van der Waals surface area contributed by atoms with Crippen molar-refractivity contribution in [1.82, 2.24) is 4.98 Å². The van der Waals surface area contributed by atoms with Gasteiger partial charge in [0.25, 0.3) is 0 Å². The molecule has 0 bridgehead atoms. The first-order chi connectivity index (χ1) is 6.31. The Morgan fingerprint density at radius 2 is 2.38 bits per heavy atom. The predicted octanol–water partition coefficient (Wildman–Crippen LogP) is 3.25. The van der Waals surface area contributed by atoms with E-state index in [-0.39, 0.29) is 0 Å². The summed E-state index contributed by atoms with van der Waals surface area (Å²) in [5, 5.41) is 1.80. The summed E-state index contributed by atoms with van der Waals surface area (Å²) in [6.45, 7) is 2.03. The minimum atomic E-state index is 0.800. The SMILES string of the molecule is C/C(=C/S)c1cc(C2CC2)ccn1. The summed E-state index contributed by atoms with van der Waals surface area (Å²) < 4.78 is 0. The van der Waals surface area contributed by atoms with Crippen LogP contribution >= 0.6 is 12.6 Å².